The van der Waals surface area contributed by atoms with Crippen molar-refractivity contribution in [3.05, 3.63) is 40.5 Å². The molecular weight excluding hydrogens is 402 g/mol. The molecule has 1 aromatic carbocycles. The van der Waals surface area contributed by atoms with E-state index in [1.165, 1.54) is 11.3 Å². The molecule has 3 N–H and O–H groups in total. The van der Waals surface area contributed by atoms with E-state index in [4.69, 9.17) is 15.5 Å². The van der Waals surface area contributed by atoms with E-state index in [0.717, 1.165) is 33.0 Å². The molecule has 0 radical (unpaired) electrons. The molecule has 1 aliphatic heterocycles. The number of nitrogen functional groups attached to an aromatic ring is 1. The van der Waals surface area contributed by atoms with Crippen LogP contribution in [0.2, 0.25) is 0 Å². The number of aromatic nitrogens is 3. The van der Waals surface area contributed by atoms with Crippen LogP contribution in [0.3, 0.4) is 0 Å². The predicted octanol–water partition coefficient (Wildman–Crippen LogP) is 2.63. The van der Waals surface area contributed by atoms with Gasteiger partial charge in [0, 0.05) is 47.4 Å². The minimum absolute atomic E-state index is 0.0268. The lowest BCUT2D eigenvalue weighted by atomic mass is 10.0. The first-order chi connectivity index (χ1) is 14.5. The van der Waals surface area contributed by atoms with Gasteiger partial charge in [-0.25, -0.2) is 15.0 Å². The van der Waals surface area contributed by atoms with Crippen LogP contribution in [-0.2, 0) is 6.42 Å². The summed E-state index contributed by atoms with van der Waals surface area (Å²) in [5, 5.41) is 9.75. The zero-order valence-electron chi connectivity index (χ0n) is 16.8. The van der Waals surface area contributed by atoms with E-state index in [-0.39, 0.29) is 31.0 Å². The smallest absolute Gasteiger partial charge is 0.283 e. The van der Waals surface area contributed by atoms with Crippen LogP contribution in [0.4, 0.5) is 5.95 Å². The number of thiazole rings is 1. The lowest BCUT2D eigenvalue weighted by molar-refractivity contribution is 0.0665. The summed E-state index contributed by atoms with van der Waals surface area (Å²) < 4.78 is 5.91. The number of amides is 1. The molecule has 3 aromatic rings. The molecule has 4 rings (SSSR count). The van der Waals surface area contributed by atoms with Crippen LogP contribution < -0.4 is 10.5 Å². The number of anilines is 1. The summed E-state index contributed by atoms with van der Waals surface area (Å²) in [5.74, 6) is 0.788. The third kappa shape index (κ3) is 3.86. The van der Waals surface area contributed by atoms with Gasteiger partial charge in [-0.3, -0.25) is 4.79 Å². The van der Waals surface area contributed by atoms with E-state index in [0.29, 0.717) is 18.0 Å². The molecule has 0 saturated heterocycles. The number of nitrogens with zero attached hydrogens (tertiary/aromatic N) is 4. The summed E-state index contributed by atoms with van der Waals surface area (Å²) >= 11 is 1.39. The third-order valence-corrected chi connectivity index (χ3v) is 6.04. The van der Waals surface area contributed by atoms with Gasteiger partial charge in [0.15, 0.2) is 5.01 Å². The van der Waals surface area contributed by atoms with Crippen LogP contribution in [-0.4, -0.2) is 56.7 Å². The molecule has 2 aromatic heterocycles. The zero-order valence-corrected chi connectivity index (χ0v) is 17.6. The van der Waals surface area contributed by atoms with Gasteiger partial charge in [0.25, 0.3) is 5.91 Å². The summed E-state index contributed by atoms with van der Waals surface area (Å²) in [6.07, 6.45) is 4.03. The van der Waals surface area contributed by atoms with Crippen molar-refractivity contribution in [2.75, 3.05) is 25.5 Å². The molecule has 1 amide bonds. The molecule has 0 spiro atoms. The third-order valence-electron chi connectivity index (χ3n) is 4.93. The standard InChI is InChI=1S/C21H23N5O3S/c1-12(2)26(6-7-27)20(28)19-25-18-15-9-13(14-10-23-21(22)24-11-14)3-4-16(15)29-8-5-17(18)30-19/h3-4,9-12,27H,5-8H2,1-2H3,(H2,22,23,24). The maximum Gasteiger partial charge on any atom is 0.283 e. The molecule has 8 nitrogen and oxygen atoms in total. The molecule has 0 saturated carbocycles. The Morgan fingerprint density at radius 2 is 2.07 bits per heavy atom. The Morgan fingerprint density at radius 3 is 2.77 bits per heavy atom. The monoisotopic (exact) mass is 425 g/mol. The molecule has 1 aliphatic rings. The summed E-state index contributed by atoms with van der Waals surface area (Å²) in [6.45, 7) is 4.57. The van der Waals surface area contributed by atoms with Crippen molar-refractivity contribution < 1.29 is 14.6 Å². The molecule has 0 aliphatic carbocycles. The van der Waals surface area contributed by atoms with E-state index >= 15 is 0 Å². The second-order valence-electron chi connectivity index (χ2n) is 7.25. The molecule has 30 heavy (non-hydrogen) atoms. The van der Waals surface area contributed by atoms with Crippen molar-refractivity contribution in [2.24, 2.45) is 0 Å². The largest absolute Gasteiger partial charge is 0.493 e. The van der Waals surface area contributed by atoms with Crippen molar-refractivity contribution >= 4 is 23.2 Å². The van der Waals surface area contributed by atoms with Crippen LogP contribution in [0.15, 0.2) is 30.6 Å². The van der Waals surface area contributed by atoms with Crippen molar-refractivity contribution in [3.63, 3.8) is 0 Å². The Kier molecular flexibility index (Phi) is 5.65. The second-order valence-corrected chi connectivity index (χ2v) is 8.33. The van der Waals surface area contributed by atoms with E-state index in [2.05, 4.69) is 9.97 Å². The van der Waals surface area contributed by atoms with E-state index in [1.54, 1.807) is 17.3 Å². The van der Waals surface area contributed by atoms with Crippen molar-refractivity contribution in [2.45, 2.75) is 26.3 Å². The van der Waals surface area contributed by atoms with Crippen molar-refractivity contribution in [3.8, 4) is 28.1 Å². The fourth-order valence-corrected chi connectivity index (χ4v) is 4.42. The summed E-state index contributed by atoms with van der Waals surface area (Å²) in [4.78, 5) is 28.5. The van der Waals surface area contributed by atoms with Gasteiger partial charge in [-0.2, -0.15) is 0 Å². The number of aliphatic hydroxyl groups excluding tert-OH is 1. The molecule has 0 atom stereocenters. The average molecular weight is 426 g/mol. The first-order valence-corrected chi connectivity index (χ1v) is 10.6. The first-order valence-electron chi connectivity index (χ1n) is 9.74. The number of carbonyl (C=O) groups excluding carboxylic acids is 1. The lowest BCUT2D eigenvalue weighted by Crippen LogP contribution is -2.38. The fourth-order valence-electron chi connectivity index (χ4n) is 3.41. The Balaban J connectivity index is 1.75. The number of carbonyl (C=O) groups is 1. The topological polar surface area (TPSA) is 114 Å². The van der Waals surface area contributed by atoms with E-state index in [1.807, 2.05) is 32.0 Å². The zero-order chi connectivity index (χ0) is 21.3. The van der Waals surface area contributed by atoms with Gasteiger partial charge in [0.05, 0.1) is 18.9 Å². The number of ether oxygens (including phenoxy) is 1. The predicted molar refractivity (Wildman–Crippen MR) is 115 cm³/mol. The number of fused-ring (bicyclic) bond motifs is 3. The van der Waals surface area contributed by atoms with Crippen LogP contribution in [0.25, 0.3) is 22.4 Å². The van der Waals surface area contributed by atoms with Gasteiger partial charge in [0.2, 0.25) is 5.95 Å². The Hall–Kier alpha value is -3.04. The van der Waals surface area contributed by atoms with Crippen LogP contribution in [0.1, 0.15) is 28.5 Å². The number of nitrogens with two attached hydrogens (primary N) is 1. The summed E-state index contributed by atoms with van der Waals surface area (Å²) in [7, 11) is 0. The number of hydrogen-bond acceptors (Lipinski definition) is 8. The molecule has 156 valence electrons. The molecule has 3 heterocycles. The fraction of sp³-hybridized carbons (Fsp3) is 0.333. The van der Waals surface area contributed by atoms with Crippen LogP contribution >= 0.6 is 11.3 Å². The van der Waals surface area contributed by atoms with Gasteiger partial charge in [-0.05, 0) is 31.5 Å². The number of hydrogen-bond donors (Lipinski definition) is 2. The molecule has 0 fully saturated rings. The van der Waals surface area contributed by atoms with Crippen LogP contribution in [0, 0.1) is 0 Å². The minimum Gasteiger partial charge on any atom is -0.493 e. The number of benzene rings is 1. The summed E-state index contributed by atoms with van der Waals surface area (Å²) in [5.41, 5.74) is 8.94. The quantitative estimate of drug-likeness (QED) is 0.646. The molecule has 0 bridgehead atoms. The van der Waals surface area contributed by atoms with Gasteiger partial charge < -0.3 is 20.5 Å². The SMILES string of the molecule is CC(C)N(CCO)C(=O)c1nc2c(s1)CCOc1ccc(-c3cnc(N)nc3)cc1-2. The highest BCUT2D eigenvalue weighted by atomic mass is 32.1. The number of rotatable bonds is 5. The second kappa shape index (κ2) is 8.37. The first kappa shape index (κ1) is 20.2. The van der Waals surface area contributed by atoms with E-state index < -0.39 is 0 Å². The maximum atomic E-state index is 13.0. The Morgan fingerprint density at radius 1 is 1.30 bits per heavy atom. The van der Waals surface area contributed by atoms with Crippen molar-refractivity contribution in [1.29, 1.82) is 0 Å². The van der Waals surface area contributed by atoms with Gasteiger partial charge in [0.1, 0.15) is 5.75 Å². The Bertz CT molecular complexity index is 1070. The average Bonchev–Trinajstić information content (AvgIpc) is 3.08. The summed E-state index contributed by atoms with van der Waals surface area (Å²) in [6, 6.07) is 5.80. The van der Waals surface area contributed by atoms with E-state index in [9.17, 15) is 9.90 Å². The molecule has 0 unspecified atom stereocenters. The maximum absolute atomic E-state index is 13.0. The van der Waals surface area contributed by atoms with Crippen molar-refractivity contribution in [1.82, 2.24) is 19.9 Å². The number of aliphatic hydroxyl groups is 1. The lowest BCUT2D eigenvalue weighted by Gasteiger charge is -2.24. The Labute approximate surface area is 178 Å². The normalized spacial score (nSPS) is 12.7. The van der Waals surface area contributed by atoms with Gasteiger partial charge in [-0.15, -0.1) is 11.3 Å². The van der Waals surface area contributed by atoms with Gasteiger partial charge in [-0.1, -0.05) is 6.07 Å². The highest BCUT2D eigenvalue weighted by Crippen LogP contribution is 2.40. The highest BCUT2D eigenvalue weighted by molar-refractivity contribution is 7.14. The minimum atomic E-state index is -0.164. The molecular formula is C21H23N5O3S. The molecule has 9 heteroatoms. The highest BCUT2D eigenvalue weighted by Gasteiger charge is 2.27. The van der Waals surface area contributed by atoms with Crippen LogP contribution in [0.5, 0.6) is 5.75 Å². The van der Waals surface area contributed by atoms with Gasteiger partial charge >= 0.3 is 0 Å².